The summed E-state index contributed by atoms with van der Waals surface area (Å²) in [6.45, 7) is 3.46. The summed E-state index contributed by atoms with van der Waals surface area (Å²) in [6, 6.07) is 12.3. The summed E-state index contributed by atoms with van der Waals surface area (Å²) in [5.41, 5.74) is 2.11. The number of carbonyl (C=O) groups is 1. The van der Waals surface area contributed by atoms with Crippen molar-refractivity contribution in [2.24, 2.45) is 0 Å². The third-order valence-corrected chi connectivity index (χ3v) is 5.51. The van der Waals surface area contributed by atoms with Crippen molar-refractivity contribution in [2.75, 3.05) is 13.1 Å². The smallest absolute Gasteiger partial charge is 0.264 e. The van der Waals surface area contributed by atoms with Crippen molar-refractivity contribution in [2.45, 2.75) is 19.4 Å². The first kappa shape index (κ1) is 15.1. The van der Waals surface area contributed by atoms with Crippen LogP contribution >= 0.6 is 11.3 Å². The lowest BCUT2D eigenvalue weighted by atomic mass is 10.2. The summed E-state index contributed by atoms with van der Waals surface area (Å²) in [6.07, 6.45) is 2.70. The van der Waals surface area contributed by atoms with Crippen LogP contribution in [0.25, 0.3) is 11.4 Å². The number of rotatable bonds is 3. The molecule has 122 valence electrons. The summed E-state index contributed by atoms with van der Waals surface area (Å²) < 4.78 is 2.10. The molecule has 0 N–H and O–H groups in total. The van der Waals surface area contributed by atoms with Gasteiger partial charge in [-0.1, -0.05) is 30.3 Å². The van der Waals surface area contributed by atoms with Gasteiger partial charge in [-0.2, -0.15) is 0 Å². The van der Waals surface area contributed by atoms with Gasteiger partial charge in [-0.15, -0.1) is 21.5 Å². The number of likely N-dealkylation sites (tertiary alicyclic amines) is 1. The summed E-state index contributed by atoms with van der Waals surface area (Å²) >= 11 is 1.52. The normalized spacial score (nSPS) is 17.4. The molecule has 1 unspecified atom stereocenters. The number of nitrogens with zero attached hydrogens (tertiary/aromatic N) is 4. The van der Waals surface area contributed by atoms with Crippen LogP contribution in [-0.2, 0) is 0 Å². The van der Waals surface area contributed by atoms with E-state index < -0.39 is 0 Å². The van der Waals surface area contributed by atoms with Gasteiger partial charge in [-0.05, 0) is 30.4 Å². The van der Waals surface area contributed by atoms with Gasteiger partial charge in [0, 0.05) is 18.7 Å². The Hall–Kier alpha value is -2.47. The zero-order valence-electron chi connectivity index (χ0n) is 13.4. The van der Waals surface area contributed by atoms with Crippen LogP contribution in [0.5, 0.6) is 0 Å². The Morgan fingerprint density at radius 3 is 2.83 bits per heavy atom. The van der Waals surface area contributed by atoms with Gasteiger partial charge >= 0.3 is 0 Å². The highest BCUT2D eigenvalue weighted by Gasteiger charge is 2.30. The zero-order chi connectivity index (χ0) is 16.5. The molecule has 1 fully saturated rings. The molecule has 24 heavy (non-hydrogen) atoms. The Morgan fingerprint density at radius 1 is 1.25 bits per heavy atom. The SMILES string of the molecule is Cc1ccsc1C(=O)N1CCC(n2cnnc2-c2ccccc2)C1. The van der Waals surface area contributed by atoms with Crippen molar-refractivity contribution in [1.82, 2.24) is 19.7 Å². The van der Waals surface area contributed by atoms with E-state index in [0.29, 0.717) is 6.54 Å². The minimum atomic E-state index is 0.138. The number of hydrogen-bond donors (Lipinski definition) is 0. The molecule has 2 aromatic heterocycles. The van der Waals surface area contributed by atoms with E-state index in [-0.39, 0.29) is 11.9 Å². The summed E-state index contributed by atoms with van der Waals surface area (Å²) in [7, 11) is 0. The van der Waals surface area contributed by atoms with E-state index in [4.69, 9.17) is 0 Å². The summed E-state index contributed by atoms with van der Waals surface area (Å²) in [4.78, 5) is 15.5. The van der Waals surface area contributed by atoms with Crippen LogP contribution < -0.4 is 0 Å². The van der Waals surface area contributed by atoms with E-state index >= 15 is 0 Å². The summed E-state index contributed by atoms with van der Waals surface area (Å²) in [5.74, 6) is 1.00. The predicted molar refractivity (Wildman–Crippen MR) is 94.1 cm³/mol. The van der Waals surface area contributed by atoms with Crippen LogP contribution in [0.15, 0.2) is 48.1 Å². The van der Waals surface area contributed by atoms with Crippen molar-refractivity contribution in [3.8, 4) is 11.4 Å². The van der Waals surface area contributed by atoms with Gasteiger partial charge in [0.05, 0.1) is 10.9 Å². The molecule has 1 aliphatic rings. The molecule has 0 saturated carbocycles. The highest BCUT2D eigenvalue weighted by atomic mass is 32.1. The fraction of sp³-hybridized carbons (Fsp3) is 0.278. The average Bonchev–Trinajstić information content (AvgIpc) is 3.35. The highest BCUT2D eigenvalue weighted by molar-refractivity contribution is 7.12. The lowest BCUT2D eigenvalue weighted by molar-refractivity contribution is 0.0792. The van der Waals surface area contributed by atoms with Gasteiger partial charge < -0.3 is 9.47 Å². The molecule has 1 aromatic carbocycles. The van der Waals surface area contributed by atoms with Crippen LogP contribution in [-0.4, -0.2) is 38.7 Å². The largest absolute Gasteiger partial charge is 0.336 e. The van der Waals surface area contributed by atoms with Crippen molar-refractivity contribution < 1.29 is 4.79 Å². The second-order valence-electron chi connectivity index (χ2n) is 6.05. The third kappa shape index (κ3) is 2.63. The zero-order valence-corrected chi connectivity index (χ0v) is 14.2. The third-order valence-electron chi connectivity index (χ3n) is 4.51. The van der Waals surface area contributed by atoms with Gasteiger partial charge in [-0.3, -0.25) is 4.79 Å². The van der Waals surface area contributed by atoms with E-state index in [0.717, 1.165) is 34.8 Å². The second-order valence-corrected chi connectivity index (χ2v) is 6.97. The molecule has 6 heteroatoms. The molecule has 1 amide bonds. The van der Waals surface area contributed by atoms with Crippen molar-refractivity contribution in [3.63, 3.8) is 0 Å². The van der Waals surface area contributed by atoms with E-state index in [2.05, 4.69) is 14.8 Å². The molecule has 0 aliphatic carbocycles. The lowest BCUT2D eigenvalue weighted by Gasteiger charge is -2.17. The molecule has 1 atom stereocenters. The highest BCUT2D eigenvalue weighted by Crippen LogP contribution is 2.29. The van der Waals surface area contributed by atoms with Gasteiger partial charge in [0.25, 0.3) is 5.91 Å². The number of thiophene rings is 1. The quantitative estimate of drug-likeness (QED) is 0.735. The van der Waals surface area contributed by atoms with Crippen molar-refractivity contribution >= 4 is 17.2 Å². The van der Waals surface area contributed by atoms with Crippen molar-refractivity contribution in [3.05, 3.63) is 58.5 Å². The molecular formula is C18H18N4OS. The fourth-order valence-electron chi connectivity index (χ4n) is 3.19. The first-order chi connectivity index (χ1) is 11.7. The van der Waals surface area contributed by atoms with Gasteiger partial charge in [0.1, 0.15) is 6.33 Å². The molecule has 4 rings (SSSR count). The molecule has 3 aromatic rings. The first-order valence-corrected chi connectivity index (χ1v) is 8.90. The maximum Gasteiger partial charge on any atom is 0.264 e. The van der Waals surface area contributed by atoms with Gasteiger partial charge in [0.15, 0.2) is 5.82 Å². The Bertz CT molecular complexity index is 855. The molecule has 0 radical (unpaired) electrons. The molecule has 0 spiro atoms. The van der Waals surface area contributed by atoms with Crippen LogP contribution in [0.4, 0.5) is 0 Å². The molecule has 1 aliphatic heterocycles. The van der Waals surface area contributed by atoms with E-state index in [1.54, 1.807) is 6.33 Å². The number of aromatic nitrogens is 3. The van der Waals surface area contributed by atoms with E-state index in [1.165, 1.54) is 11.3 Å². The Morgan fingerprint density at radius 2 is 2.08 bits per heavy atom. The average molecular weight is 338 g/mol. The number of benzene rings is 1. The van der Waals surface area contributed by atoms with Gasteiger partial charge in [-0.25, -0.2) is 0 Å². The topological polar surface area (TPSA) is 51.0 Å². The van der Waals surface area contributed by atoms with Crippen molar-refractivity contribution in [1.29, 1.82) is 0 Å². The standard InChI is InChI=1S/C18H18N4OS/c1-13-8-10-24-16(13)18(23)21-9-7-15(11-21)22-12-19-20-17(22)14-5-3-2-4-6-14/h2-6,8,10,12,15H,7,9,11H2,1H3. The minimum Gasteiger partial charge on any atom is -0.336 e. The number of carbonyl (C=O) groups excluding carboxylic acids is 1. The number of amides is 1. The monoisotopic (exact) mass is 338 g/mol. The van der Waals surface area contributed by atoms with Gasteiger partial charge in [0.2, 0.25) is 0 Å². The first-order valence-electron chi connectivity index (χ1n) is 8.02. The molecule has 3 heterocycles. The van der Waals surface area contributed by atoms with E-state index in [9.17, 15) is 4.79 Å². The Labute approximate surface area is 144 Å². The van der Waals surface area contributed by atoms with Crippen LogP contribution in [0.1, 0.15) is 27.7 Å². The predicted octanol–water partition coefficient (Wildman–Crippen LogP) is 3.40. The maximum absolute atomic E-state index is 12.7. The summed E-state index contributed by atoms with van der Waals surface area (Å²) in [5, 5.41) is 10.3. The van der Waals surface area contributed by atoms with Crippen LogP contribution in [0.3, 0.4) is 0 Å². The minimum absolute atomic E-state index is 0.138. The molecule has 5 nitrogen and oxygen atoms in total. The van der Waals surface area contributed by atoms with Crippen LogP contribution in [0, 0.1) is 6.92 Å². The second kappa shape index (κ2) is 6.20. The fourth-order valence-corrected chi connectivity index (χ4v) is 4.08. The lowest BCUT2D eigenvalue weighted by Crippen LogP contribution is -2.29. The number of hydrogen-bond acceptors (Lipinski definition) is 4. The van der Waals surface area contributed by atoms with Crippen LogP contribution in [0.2, 0.25) is 0 Å². The molecular weight excluding hydrogens is 320 g/mol. The Kier molecular flexibility index (Phi) is 3.90. The Balaban J connectivity index is 1.55. The van der Waals surface area contributed by atoms with E-state index in [1.807, 2.05) is 53.6 Å². The number of aryl methyl sites for hydroxylation is 1. The molecule has 0 bridgehead atoms. The maximum atomic E-state index is 12.7. The molecule has 1 saturated heterocycles.